The van der Waals surface area contributed by atoms with Crippen LogP contribution in [0, 0.1) is 15.9 Å². The molecule has 29 heavy (non-hydrogen) atoms. The number of fused-ring (bicyclic) bond motifs is 1. The van der Waals surface area contributed by atoms with Crippen molar-refractivity contribution in [3.8, 4) is 0 Å². The molecular weight excluding hydrogens is 377 g/mol. The molecule has 8 nitrogen and oxygen atoms in total. The highest BCUT2D eigenvalue weighted by Gasteiger charge is 2.28. The number of halogens is 1. The molecule has 0 bridgehead atoms. The van der Waals surface area contributed by atoms with E-state index in [-0.39, 0.29) is 11.6 Å². The summed E-state index contributed by atoms with van der Waals surface area (Å²) in [6.07, 6.45) is 2.25. The summed E-state index contributed by atoms with van der Waals surface area (Å²) in [4.78, 5) is 32.1. The van der Waals surface area contributed by atoms with Gasteiger partial charge in [-0.1, -0.05) is 18.2 Å². The van der Waals surface area contributed by atoms with E-state index in [0.29, 0.717) is 31.8 Å². The van der Waals surface area contributed by atoms with Gasteiger partial charge in [-0.2, -0.15) is 0 Å². The molecule has 1 fully saturated rings. The van der Waals surface area contributed by atoms with Crippen molar-refractivity contribution in [1.82, 2.24) is 14.3 Å². The number of rotatable bonds is 4. The lowest BCUT2D eigenvalue weighted by Crippen LogP contribution is -2.33. The standard InChI is InChI=1S/C20H20FN5O3/c21-16-7-5-15(6-8-16)14-23-9-3-10-24(13-12-23)19-18(26(28)29)20(27)25-11-2-1-4-17(25)22-19/h1-2,4-8,11H,3,9-10,12-14H2. The van der Waals surface area contributed by atoms with Crippen molar-refractivity contribution < 1.29 is 9.31 Å². The van der Waals surface area contributed by atoms with Gasteiger partial charge in [-0.15, -0.1) is 0 Å². The van der Waals surface area contributed by atoms with Crippen molar-refractivity contribution >= 4 is 17.2 Å². The first-order valence-corrected chi connectivity index (χ1v) is 9.40. The molecule has 9 heteroatoms. The lowest BCUT2D eigenvalue weighted by Gasteiger charge is -2.22. The minimum Gasteiger partial charge on any atom is -0.349 e. The average Bonchev–Trinajstić information content (AvgIpc) is 2.95. The minimum absolute atomic E-state index is 0.120. The zero-order chi connectivity index (χ0) is 20.4. The Kier molecular flexibility index (Phi) is 5.22. The van der Waals surface area contributed by atoms with Crippen LogP contribution < -0.4 is 10.5 Å². The number of nitrogens with zero attached hydrogens (tertiary/aromatic N) is 5. The number of pyridine rings is 1. The molecule has 1 aliphatic heterocycles. The van der Waals surface area contributed by atoms with Crippen molar-refractivity contribution in [2.45, 2.75) is 13.0 Å². The Bertz CT molecular complexity index is 1100. The summed E-state index contributed by atoms with van der Waals surface area (Å²) in [6.45, 7) is 3.20. The van der Waals surface area contributed by atoms with Crippen LogP contribution in [0.2, 0.25) is 0 Å². The summed E-state index contributed by atoms with van der Waals surface area (Å²) in [5, 5.41) is 11.6. The molecule has 0 unspecified atom stereocenters. The fraction of sp³-hybridized carbons (Fsp3) is 0.300. The summed E-state index contributed by atoms with van der Waals surface area (Å²) < 4.78 is 14.3. The minimum atomic E-state index is -0.678. The summed E-state index contributed by atoms with van der Waals surface area (Å²) >= 11 is 0. The van der Waals surface area contributed by atoms with Crippen LogP contribution in [0.4, 0.5) is 15.9 Å². The zero-order valence-corrected chi connectivity index (χ0v) is 15.7. The normalized spacial score (nSPS) is 15.4. The fourth-order valence-electron chi connectivity index (χ4n) is 3.64. The lowest BCUT2D eigenvalue weighted by molar-refractivity contribution is -0.385. The molecule has 0 atom stereocenters. The van der Waals surface area contributed by atoms with Crippen LogP contribution >= 0.6 is 0 Å². The van der Waals surface area contributed by atoms with E-state index in [2.05, 4.69) is 9.88 Å². The molecule has 3 heterocycles. The quantitative estimate of drug-likeness (QED) is 0.497. The highest BCUT2D eigenvalue weighted by atomic mass is 19.1. The molecule has 0 radical (unpaired) electrons. The van der Waals surface area contributed by atoms with Gasteiger partial charge >= 0.3 is 11.2 Å². The molecule has 1 aliphatic rings. The van der Waals surface area contributed by atoms with Crippen molar-refractivity contribution in [2.75, 3.05) is 31.1 Å². The molecule has 3 aromatic rings. The second-order valence-corrected chi connectivity index (χ2v) is 7.02. The van der Waals surface area contributed by atoms with Crippen LogP contribution in [0.3, 0.4) is 0 Å². The Balaban J connectivity index is 1.59. The van der Waals surface area contributed by atoms with E-state index in [1.54, 1.807) is 30.3 Å². The second kappa shape index (κ2) is 7.96. The maximum Gasteiger partial charge on any atom is 0.376 e. The Morgan fingerprint density at radius 2 is 1.86 bits per heavy atom. The molecule has 0 saturated carbocycles. The highest BCUT2D eigenvalue weighted by Crippen LogP contribution is 2.24. The van der Waals surface area contributed by atoms with Crippen LogP contribution in [-0.4, -0.2) is 45.4 Å². The summed E-state index contributed by atoms with van der Waals surface area (Å²) in [5.74, 6) is -0.147. The fourth-order valence-corrected chi connectivity index (χ4v) is 3.64. The van der Waals surface area contributed by atoms with E-state index in [0.717, 1.165) is 18.5 Å². The molecule has 1 saturated heterocycles. The summed E-state index contributed by atoms with van der Waals surface area (Å²) in [7, 11) is 0. The van der Waals surface area contributed by atoms with Gasteiger partial charge in [0.15, 0.2) is 0 Å². The maximum atomic E-state index is 13.1. The molecule has 2 aromatic heterocycles. The van der Waals surface area contributed by atoms with E-state index < -0.39 is 16.2 Å². The van der Waals surface area contributed by atoms with Gasteiger partial charge in [-0.05, 0) is 36.2 Å². The zero-order valence-electron chi connectivity index (χ0n) is 15.7. The number of aromatic nitrogens is 2. The van der Waals surface area contributed by atoms with E-state index in [1.165, 1.54) is 22.7 Å². The van der Waals surface area contributed by atoms with Gasteiger partial charge in [0.05, 0.1) is 4.92 Å². The molecule has 150 valence electrons. The van der Waals surface area contributed by atoms with Crippen LogP contribution in [0.1, 0.15) is 12.0 Å². The molecule has 0 N–H and O–H groups in total. The van der Waals surface area contributed by atoms with E-state index in [4.69, 9.17) is 0 Å². The van der Waals surface area contributed by atoms with Crippen molar-refractivity contribution in [2.24, 2.45) is 0 Å². The maximum absolute atomic E-state index is 13.1. The second-order valence-electron chi connectivity index (χ2n) is 7.02. The predicted molar refractivity (Wildman–Crippen MR) is 107 cm³/mol. The molecular formula is C20H20FN5O3. The summed E-state index contributed by atoms with van der Waals surface area (Å²) in [6, 6.07) is 11.4. The average molecular weight is 397 g/mol. The number of hydrogen-bond acceptors (Lipinski definition) is 6. The van der Waals surface area contributed by atoms with Gasteiger partial charge in [-0.25, -0.2) is 9.37 Å². The van der Waals surface area contributed by atoms with Gasteiger partial charge in [0.1, 0.15) is 11.5 Å². The molecule has 0 spiro atoms. The van der Waals surface area contributed by atoms with E-state index in [1.807, 2.05) is 4.90 Å². The Morgan fingerprint density at radius 1 is 1.07 bits per heavy atom. The van der Waals surface area contributed by atoms with Crippen molar-refractivity contribution in [1.29, 1.82) is 0 Å². The van der Waals surface area contributed by atoms with E-state index in [9.17, 15) is 19.3 Å². The van der Waals surface area contributed by atoms with Crippen molar-refractivity contribution in [3.05, 3.63) is 80.5 Å². The first-order valence-electron chi connectivity index (χ1n) is 9.40. The smallest absolute Gasteiger partial charge is 0.349 e. The third-order valence-electron chi connectivity index (χ3n) is 5.08. The molecule has 1 aromatic carbocycles. The van der Waals surface area contributed by atoms with Gasteiger partial charge < -0.3 is 4.90 Å². The number of anilines is 1. The molecule has 0 aliphatic carbocycles. The Hall–Kier alpha value is -3.33. The SMILES string of the molecule is O=c1c([N+](=O)[O-])c(N2CCCN(Cc3ccc(F)cc3)CC2)nc2ccccn12. The topological polar surface area (TPSA) is 84.0 Å². The molecule has 4 rings (SSSR count). The Morgan fingerprint density at radius 3 is 2.62 bits per heavy atom. The Labute approximate surface area is 166 Å². The van der Waals surface area contributed by atoms with Gasteiger partial charge in [0.25, 0.3) is 0 Å². The number of benzene rings is 1. The number of hydrogen-bond donors (Lipinski definition) is 0. The van der Waals surface area contributed by atoms with Crippen LogP contribution in [-0.2, 0) is 6.54 Å². The third kappa shape index (κ3) is 3.95. The first kappa shape index (κ1) is 19.0. The van der Waals surface area contributed by atoms with Gasteiger partial charge in [0.2, 0.25) is 5.82 Å². The lowest BCUT2D eigenvalue weighted by atomic mass is 10.2. The van der Waals surface area contributed by atoms with Crippen molar-refractivity contribution in [3.63, 3.8) is 0 Å². The largest absolute Gasteiger partial charge is 0.376 e. The van der Waals surface area contributed by atoms with Crippen LogP contribution in [0.25, 0.3) is 5.65 Å². The van der Waals surface area contributed by atoms with Gasteiger partial charge in [-0.3, -0.25) is 24.2 Å². The monoisotopic (exact) mass is 397 g/mol. The first-order chi connectivity index (χ1) is 14.0. The van der Waals surface area contributed by atoms with Crippen LogP contribution in [0.15, 0.2) is 53.5 Å². The van der Waals surface area contributed by atoms with Gasteiger partial charge in [0, 0.05) is 38.9 Å². The number of nitro groups is 1. The van der Waals surface area contributed by atoms with E-state index >= 15 is 0 Å². The summed E-state index contributed by atoms with van der Waals surface area (Å²) in [5.41, 5.74) is 0.210. The van der Waals surface area contributed by atoms with Crippen LogP contribution in [0.5, 0.6) is 0 Å². The molecule has 0 amide bonds. The predicted octanol–water partition coefficient (Wildman–Crippen LogP) is 2.45. The highest BCUT2D eigenvalue weighted by molar-refractivity contribution is 5.61. The third-order valence-corrected chi connectivity index (χ3v) is 5.08.